The summed E-state index contributed by atoms with van der Waals surface area (Å²) in [5.41, 5.74) is 1.39. The SMILES string of the molecule is O=C(Nc1ccncc1)[C@H]1CC(=O)N(c2ccc3c(c2)OCCO3)C1. The summed E-state index contributed by atoms with van der Waals surface area (Å²) in [6.45, 7) is 1.35. The minimum atomic E-state index is -0.395. The lowest BCUT2D eigenvalue weighted by Gasteiger charge is -2.22. The van der Waals surface area contributed by atoms with Crippen LogP contribution in [0.25, 0.3) is 0 Å². The van der Waals surface area contributed by atoms with Gasteiger partial charge in [-0.1, -0.05) is 0 Å². The van der Waals surface area contributed by atoms with Gasteiger partial charge in [-0.2, -0.15) is 0 Å². The maximum atomic E-state index is 12.4. The van der Waals surface area contributed by atoms with E-state index in [1.54, 1.807) is 41.6 Å². The lowest BCUT2D eigenvalue weighted by atomic mass is 10.1. The lowest BCUT2D eigenvalue weighted by molar-refractivity contribution is -0.122. The van der Waals surface area contributed by atoms with Gasteiger partial charge in [-0.15, -0.1) is 0 Å². The van der Waals surface area contributed by atoms with E-state index in [1.807, 2.05) is 6.07 Å². The first-order chi connectivity index (χ1) is 12.2. The zero-order chi connectivity index (χ0) is 17.2. The molecule has 3 heterocycles. The van der Waals surface area contributed by atoms with Crippen molar-refractivity contribution >= 4 is 23.2 Å². The van der Waals surface area contributed by atoms with Crippen molar-refractivity contribution in [2.75, 3.05) is 30.0 Å². The van der Waals surface area contributed by atoms with Crippen LogP contribution >= 0.6 is 0 Å². The zero-order valence-corrected chi connectivity index (χ0v) is 13.5. The Morgan fingerprint density at radius 2 is 1.88 bits per heavy atom. The fraction of sp³-hybridized carbons (Fsp3) is 0.278. The average molecular weight is 339 g/mol. The molecule has 0 bridgehead atoms. The number of anilines is 2. The first kappa shape index (κ1) is 15.4. The van der Waals surface area contributed by atoms with Crippen LogP contribution in [0.15, 0.2) is 42.7 Å². The molecule has 2 aromatic rings. The highest BCUT2D eigenvalue weighted by Crippen LogP contribution is 2.36. The van der Waals surface area contributed by atoms with Crippen LogP contribution in [0.5, 0.6) is 11.5 Å². The second-order valence-electron chi connectivity index (χ2n) is 5.96. The summed E-state index contributed by atoms with van der Waals surface area (Å²) >= 11 is 0. The lowest BCUT2D eigenvalue weighted by Crippen LogP contribution is -2.28. The van der Waals surface area contributed by atoms with Gasteiger partial charge in [0.25, 0.3) is 0 Å². The normalized spacial score (nSPS) is 19.0. The van der Waals surface area contributed by atoms with E-state index in [1.165, 1.54) is 0 Å². The third kappa shape index (κ3) is 3.13. The van der Waals surface area contributed by atoms with E-state index in [0.29, 0.717) is 42.6 Å². The molecule has 0 radical (unpaired) electrons. The number of fused-ring (bicyclic) bond motifs is 1. The molecule has 0 unspecified atom stereocenters. The second-order valence-corrected chi connectivity index (χ2v) is 5.96. The molecule has 2 aliphatic heterocycles. The molecule has 0 spiro atoms. The van der Waals surface area contributed by atoms with Crippen molar-refractivity contribution in [1.29, 1.82) is 0 Å². The maximum absolute atomic E-state index is 12.4. The minimum Gasteiger partial charge on any atom is -0.486 e. The molecular weight excluding hydrogens is 322 g/mol. The molecular formula is C18H17N3O4. The molecule has 7 heteroatoms. The van der Waals surface area contributed by atoms with Crippen molar-refractivity contribution in [3.05, 3.63) is 42.7 Å². The van der Waals surface area contributed by atoms with E-state index >= 15 is 0 Å². The molecule has 2 amide bonds. The van der Waals surface area contributed by atoms with Crippen molar-refractivity contribution in [2.45, 2.75) is 6.42 Å². The monoisotopic (exact) mass is 339 g/mol. The van der Waals surface area contributed by atoms with Gasteiger partial charge in [-0.3, -0.25) is 14.6 Å². The molecule has 1 aromatic heterocycles. The van der Waals surface area contributed by atoms with E-state index < -0.39 is 5.92 Å². The summed E-state index contributed by atoms with van der Waals surface area (Å²) in [6.07, 6.45) is 3.40. The predicted molar refractivity (Wildman–Crippen MR) is 90.8 cm³/mol. The molecule has 4 rings (SSSR count). The van der Waals surface area contributed by atoms with E-state index in [9.17, 15) is 9.59 Å². The number of carbonyl (C=O) groups excluding carboxylic acids is 2. The Kier molecular flexibility index (Phi) is 3.97. The van der Waals surface area contributed by atoms with Crippen molar-refractivity contribution in [2.24, 2.45) is 5.92 Å². The van der Waals surface area contributed by atoms with Gasteiger partial charge in [0.1, 0.15) is 13.2 Å². The van der Waals surface area contributed by atoms with Gasteiger partial charge in [0, 0.05) is 42.8 Å². The van der Waals surface area contributed by atoms with E-state index in [-0.39, 0.29) is 18.2 Å². The average Bonchev–Trinajstić information content (AvgIpc) is 3.04. The Balaban J connectivity index is 1.48. The van der Waals surface area contributed by atoms with Crippen molar-refractivity contribution in [1.82, 2.24) is 4.98 Å². The highest BCUT2D eigenvalue weighted by atomic mass is 16.6. The first-order valence-electron chi connectivity index (χ1n) is 8.11. The van der Waals surface area contributed by atoms with Crippen molar-refractivity contribution < 1.29 is 19.1 Å². The molecule has 1 atom stereocenters. The van der Waals surface area contributed by atoms with Gasteiger partial charge in [-0.25, -0.2) is 0 Å². The van der Waals surface area contributed by atoms with Crippen LogP contribution in [0.1, 0.15) is 6.42 Å². The third-order valence-corrected chi connectivity index (χ3v) is 4.28. The van der Waals surface area contributed by atoms with Gasteiger partial charge in [-0.05, 0) is 24.3 Å². The number of nitrogens with one attached hydrogen (secondary N) is 1. The molecule has 1 saturated heterocycles. The van der Waals surface area contributed by atoms with Crippen LogP contribution in [-0.2, 0) is 9.59 Å². The Hall–Kier alpha value is -3.09. The van der Waals surface area contributed by atoms with E-state index in [2.05, 4.69) is 10.3 Å². The van der Waals surface area contributed by atoms with Gasteiger partial charge in [0.2, 0.25) is 11.8 Å². The molecule has 128 valence electrons. The fourth-order valence-electron chi connectivity index (χ4n) is 3.01. The summed E-state index contributed by atoms with van der Waals surface area (Å²) in [4.78, 5) is 30.3. The van der Waals surface area contributed by atoms with E-state index in [4.69, 9.17) is 9.47 Å². The number of hydrogen-bond acceptors (Lipinski definition) is 5. The smallest absolute Gasteiger partial charge is 0.229 e. The quantitative estimate of drug-likeness (QED) is 0.923. The molecule has 25 heavy (non-hydrogen) atoms. The standard InChI is InChI=1S/C18H17N3O4/c22-17-9-12(18(23)20-13-3-5-19-6-4-13)11-21(17)14-1-2-15-16(10-14)25-8-7-24-15/h1-6,10,12H,7-9,11H2,(H,19,20,23)/t12-/m0/s1. The molecule has 0 aliphatic carbocycles. The van der Waals surface area contributed by atoms with Crippen molar-refractivity contribution in [3.63, 3.8) is 0 Å². The summed E-state index contributed by atoms with van der Waals surface area (Å²) in [7, 11) is 0. The number of carbonyl (C=O) groups is 2. The zero-order valence-electron chi connectivity index (χ0n) is 13.5. The summed E-state index contributed by atoms with van der Waals surface area (Å²) in [6, 6.07) is 8.83. The van der Waals surface area contributed by atoms with Gasteiger partial charge in [0.15, 0.2) is 11.5 Å². The van der Waals surface area contributed by atoms with Gasteiger partial charge in [0.05, 0.1) is 5.92 Å². The molecule has 2 aliphatic rings. The fourth-order valence-corrected chi connectivity index (χ4v) is 3.01. The highest BCUT2D eigenvalue weighted by molar-refractivity contribution is 6.03. The summed E-state index contributed by atoms with van der Waals surface area (Å²) in [5, 5.41) is 2.82. The van der Waals surface area contributed by atoms with Crippen LogP contribution in [0.4, 0.5) is 11.4 Å². The van der Waals surface area contributed by atoms with Crippen LogP contribution in [0.3, 0.4) is 0 Å². The highest BCUT2D eigenvalue weighted by Gasteiger charge is 2.35. The van der Waals surface area contributed by atoms with E-state index in [0.717, 1.165) is 0 Å². The van der Waals surface area contributed by atoms with Crippen LogP contribution in [-0.4, -0.2) is 36.6 Å². The summed E-state index contributed by atoms with van der Waals surface area (Å²) in [5.74, 6) is 0.662. The minimum absolute atomic E-state index is 0.0773. The van der Waals surface area contributed by atoms with Crippen molar-refractivity contribution in [3.8, 4) is 11.5 Å². The van der Waals surface area contributed by atoms with Crippen LogP contribution in [0, 0.1) is 5.92 Å². The Morgan fingerprint density at radius 1 is 1.12 bits per heavy atom. The number of hydrogen-bond donors (Lipinski definition) is 1. The number of benzene rings is 1. The summed E-state index contributed by atoms with van der Waals surface area (Å²) < 4.78 is 11.1. The number of rotatable bonds is 3. The van der Waals surface area contributed by atoms with Crippen LogP contribution in [0.2, 0.25) is 0 Å². The Bertz CT molecular complexity index is 809. The molecule has 1 aromatic carbocycles. The maximum Gasteiger partial charge on any atom is 0.229 e. The van der Waals surface area contributed by atoms with Crippen LogP contribution < -0.4 is 19.7 Å². The number of aromatic nitrogens is 1. The first-order valence-corrected chi connectivity index (χ1v) is 8.11. The second kappa shape index (κ2) is 6.43. The number of ether oxygens (including phenoxy) is 2. The molecule has 0 saturated carbocycles. The molecule has 7 nitrogen and oxygen atoms in total. The number of pyridine rings is 1. The Morgan fingerprint density at radius 3 is 2.68 bits per heavy atom. The van der Waals surface area contributed by atoms with Gasteiger partial charge >= 0.3 is 0 Å². The largest absolute Gasteiger partial charge is 0.486 e. The predicted octanol–water partition coefficient (Wildman–Crippen LogP) is 1.84. The number of nitrogens with zero attached hydrogens (tertiary/aromatic N) is 2. The number of amides is 2. The Labute approximate surface area is 144 Å². The topological polar surface area (TPSA) is 80.8 Å². The van der Waals surface area contributed by atoms with Gasteiger partial charge < -0.3 is 19.7 Å². The third-order valence-electron chi connectivity index (χ3n) is 4.28. The molecule has 1 fully saturated rings. The molecule has 1 N–H and O–H groups in total.